The van der Waals surface area contributed by atoms with Crippen molar-refractivity contribution in [1.29, 1.82) is 0 Å². The lowest BCUT2D eigenvalue weighted by atomic mass is 9.88. The molecule has 8 heteroatoms. The topological polar surface area (TPSA) is 90.6 Å². The average Bonchev–Trinajstić information content (AvgIpc) is 3.07. The Morgan fingerprint density at radius 3 is 2.35 bits per heavy atom. The van der Waals surface area contributed by atoms with Crippen LogP contribution in [0.1, 0.15) is 96.6 Å². The third-order valence-corrected chi connectivity index (χ3v) is 9.24. The molecule has 0 spiro atoms. The number of amides is 2. The molecule has 8 nitrogen and oxygen atoms in total. The lowest BCUT2D eigenvalue weighted by Gasteiger charge is -2.27. The molecular weight excluding hydrogens is 598 g/mol. The van der Waals surface area contributed by atoms with E-state index in [0.717, 1.165) is 58.5 Å². The molecule has 1 saturated heterocycles. The molecule has 2 N–H and O–H groups in total. The molecule has 4 aromatic rings. The summed E-state index contributed by atoms with van der Waals surface area (Å²) in [6.45, 7) is 17.4. The van der Waals surface area contributed by atoms with Gasteiger partial charge in [-0.15, -0.1) is 0 Å². The molecule has 48 heavy (non-hydrogen) atoms. The number of hydrogen-bond donors (Lipinski definition) is 2. The standard InChI is InChI=1S/C40H53N5O3/c1-27(2)16-21-45(36-26-31-14-11-17-41-38(31)43-39(36)46)40(47)42-37-34(28(3)4)24-32(25-35(37)29(5)6)30-13-10-15-33(23-30)48-22-12-20-44-18-8-7-9-19-44/h10-11,13-15,17,23-29H,7-9,12,16,18-22H2,1-6H3,(H,42,47)(H,41,43,46). The lowest BCUT2D eigenvalue weighted by molar-refractivity contribution is 0.205. The van der Waals surface area contributed by atoms with Crippen LogP contribution in [0.25, 0.3) is 22.2 Å². The van der Waals surface area contributed by atoms with Crippen molar-refractivity contribution in [2.75, 3.05) is 43.0 Å². The van der Waals surface area contributed by atoms with Crippen LogP contribution in [0.15, 0.2) is 65.6 Å². The minimum atomic E-state index is -0.336. The minimum Gasteiger partial charge on any atom is -0.494 e. The molecule has 0 atom stereocenters. The number of piperidine rings is 1. The summed E-state index contributed by atoms with van der Waals surface area (Å²) in [5.41, 5.74) is 5.58. The molecule has 0 aliphatic carbocycles. The van der Waals surface area contributed by atoms with Gasteiger partial charge in [-0.2, -0.15) is 0 Å². The van der Waals surface area contributed by atoms with Gasteiger partial charge in [-0.05, 0) is 121 Å². The van der Waals surface area contributed by atoms with Crippen molar-refractivity contribution < 1.29 is 9.53 Å². The lowest BCUT2D eigenvalue weighted by Crippen LogP contribution is -2.40. The van der Waals surface area contributed by atoms with Gasteiger partial charge in [0.1, 0.15) is 17.1 Å². The fourth-order valence-electron chi connectivity index (χ4n) is 6.45. The molecule has 2 aromatic heterocycles. The first-order valence-corrected chi connectivity index (χ1v) is 17.8. The number of nitrogens with one attached hydrogen (secondary N) is 2. The van der Waals surface area contributed by atoms with Crippen LogP contribution in [0.3, 0.4) is 0 Å². The van der Waals surface area contributed by atoms with E-state index in [1.165, 1.54) is 32.4 Å². The van der Waals surface area contributed by atoms with Crippen molar-refractivity contribution in [3.05, 3.63) is 82.3 Å². The van der Waals surface area contributed by atoms with Gasteiger partial charge < -0.3 is 19.9 Å². The van der Waals surface area contributed by atoms with Crippen LogP contribution in [-0.2, 0) is 0 Å². The van der Waals surface area contributed by atoms with Crippen LogP contribution in [0.5, 0.6) is 5.75 Å². The van der Waals surface area contributed by atoms with Gasteiger partial charge in [-0.1, -0.05) is 60.1 Å². The number of benzene rings is 2. The number of rotatable bonds is 13. The van der Waals surface area contributed by atoms with Crippen molar-refractivity contribution in [1.82, 2.24) is 14.9 Å². The predicted octanol–water partition coefficient (Wildman–Crippen LogP) is 9.18. The summed E-state index contributed by atoms with van der Waals surface area (Å²) in [4.78, 5) is 38.8. The minimum absolute atomic E-state index is 0.145. The van der Waals surface area contributed by atoms with Crippen molar-refractivity contribution in [3.63, 3.8) is 0 Å². The number of urea groups is 1. The summed E-state index contributed by atoms with van der Waals surface area (Å²) in [6.07, 6.45) is 7.38. The zero-order chi connectivity index (χ0) is 34.2. The van der Waals surface area contributed by atoms with Crippen LogP contribution in [-0.4, -0.2) is 53.7 Å². The van der Waals surface area contributed by atoms with Gasteiger partial charge in [0.2, 0.25) is 0 Å². The van der Waals surface area contributed by atoms with Gasteiger partial charge in [-0.25, -0.2) is 9.78 Å². The molecule has 3 heterocycles. The average molecular weight is 652 g/mol. The van der Waals surface area contributed by atoms with E-state index in [4.69, 9.17) is 4.74 Å². The van der Waals surface area contributed by atoms with Gasteiger partial charge in [0, 0.05) is 30.4 Å². The summed E-state index contributed by atoms with van der Waals surface area (Å²) >= 11 is 0. The SMILES string of the molecule is CC(C)CCN(C(=O)Nc1c(C(C)C)cc(-c2cccc(OCCCN3CCCCC3)c2)cc1C(C)C)c1cc2cccnc2[nH]c1=O. The number of likely N-dealkylation sites (tertiary alicyclic amines) is 1. The molecule has 5 rings (SSSR count). The Kier molecular flexibility index (Phi) is 11.9. The smallest absolute Gasteiger partial charge is 0.326 e. The quantitative estimate of drug-likeness (QED) is 0.141. The largest absolute Gasteiger partial charge is 0.494 e. The molecule has 0 bridgehead atoms. The fraction of sp³-hybridized carbons (Fsp3) is 0.475. The number of aromatic amines is 1. The highest BCUT2D eigenvalue weighted by atomic mass is 16.5. The number of hydrogen-bond acceptors (Lipinski definition) is 5. The number of carbonyl (C=O) groups is 1. The molecule has 0 unspecified atom stereocenters. The number of anilines is 2. The van der Waals surface area contributed by atoms with Crippen LogP contribution in [0.4, 0.5) is 16.2 Å². The third-order valence-electron chi connectivity index (χ3n) is 9.24. The highest BCUT2D eigenvalue weighted by Crippen LogP contribution is 2.38. The number of nitrogens with zero attached hydrogens (tertiary/aromatic N) is 3. The van der Waals surface area contributed by atoms with E-state index in [0.29, 0.717) is 30.4 Å². The maximum Gasteiger partial charge on any atom is 0.326 e. The zero-order valence-electron chi connectivity index (χ0n) is 29.6. The van der Waals surface area contributed by atoms with E-state index < -0.39 is 0 Å². The fourth-order valence-corrected chi connectivity index (χ4v) is 6.45. The molecule has 1 aliphatic heterocycles. The Balaban J connectivity index is 1.42. The number of ether oxygens (including phenoxy) is 1. The van der Waals surface area contributed by atoms with Crippen molar-refractivity contribution in [3.8, 4) is 16.9 Å². The Morgan fingerprint density at radius 2 is 1.67 bits per heavy atom. The van der Waals surface area contributed by atoms with E-state index in [-0.39, 0.29) is 23.4 Å². The zero-order valence-corrected chi connectivity index (χ0v) is 29.6. The van der Waals surface area contributed by atoms with Gasteiger partial charge in [-0.3, -0.25) is 9.69 Å². The van der Waals surface area contributed by atoms with Crippen molar-refractivity contribution in [2.45, 2.75) is 85.5 Å². The molecule has 0 saturated carbocycles. The maximum absolute atomic E-state index is 14.2. The summed E-state index contributed by atoms with van der Waals surface area (Å²) in [7, 11) is 0. The first-order valence-electron chi connectivity index (χ1n) is 17.8. The number of pyridine rings is 2. The molecule has 0 radical (unpaired) electrons. The summed E-state index contributed by atoms with van der Waals surface area (Å²) in [5.74, 6) is 1.52. The van der Waals surface area contributed by atoms with E-state index in [1.807, 2.05) is 18.2 Å². The van der Waals surface area contributed by atoms with Gasteiger partial charge in [0.15, 0.2) is 0 Å². The normalized spacial score (nSPS) is 13.9. The van der Waals surface area contributed by atoms with E-state index >= 15 is 0 Å². The molecule has 2 aromatic carbocycles. The molecule has 2 amide bonds. The number of carbonyl (C=O) groups excluding carboxylic acids is 1. The number of fused-ring (bicyclic) bond motifs is 1. The highest BCUT2D eigenvalue weighted by molar-refractivity contribution is 6.03. The maximum atomic E-state index is 14.2. The van der Waals surface area contributed by atoms with Crippen LogP contribution < -0.4 is 20.5 Å². The second kappa shape index (κ2) is 16.3. The Bertz CT molecular complexity index is 1710. The molecule has 1 fully saturated rings. The van der Waals surface area contributed by atoms with Gasteiger partial charge in [0.05, 0.1) is 6.61 Å². The van der Waals surface area contributed by atoms with Gasteiger partial charge in [0.25, 0.3) is 5.56 Å². The molecule has 256 valence electrons. The third kappa shape index (κ3) is 8.84. The van der Waals surface area contributed by atoms with Crippen molar-refractivity contribution >= 4 is 28.4 Å². The monoisotopic (exact) mass is 651 g/mol. The van der Waals surface area contributed by atoms with Crippen molar-refractivity contribution in [2.24, 2.45) is 5.92 Å². The highest BCUT2D eigenvalue weighted by Gasteiger charge is 2.24. The Hall–Kier alpha value is -4.17. The van der Waals surface area contributed by atoms with E-state index in [2.05, 4.69) is 92.1 Å². The first kappa shape index (κ1) is 35.1. The van der Waals surface area contributed by atoms with Crippen LogP contribution >= 0.6 is 0 Å². The predicted molar refractivity (Wildman–Crippen MR) is 199 cm³/mol. The van der Waals surface area contributed by atoms with Gasteiger partial charge >= 0.3 is 6.03 Å². The summed E-state index contributed by atoms with van der Waals surface area (Å²) in [6, 6.07) is 17.9. The summed E-state index contributed by atoms with van der Waals surface area (Å²) < 4.78 is 6.21. The summed E-state index contributed by atoms with van der Waals surface area (Å²) in [5, 5.41) is 4.06. The Labute approximate surface area is 285 Å². The van der Waals surface area contributed by atoms with E-state index in [1.54, 1.807) is 17.2 Å². The van der Waals surface area contributed by atoms with E-state index in [9.17, 15) is 9.59 Å². The van der Waals surface area contributed by atoms with Crippen LogP contribution in [0, 0.1) is 5.92 Å². The Morgan fingerprint density at radius 1 is 0.938 bits per heavy atom. The second-order valence-corrected chi connectivity index (χ2v) is 14.2. The number of aromatic nitrogens is 2. The second-order valence-electron chi connectivity index (χ2n) is 14.2. The first-order chi connectivity index (χ1) is 23.1. The molecular formula is C40H53N5O3. The van der Waals surface area contributed by atoms with Crippen LogP contribution in [0.2, 0.25) is 0 Å². The number of H-pyrrole nitrogens is 1. The molecule has 1 aliphatic rings.